The number of aliphatic hydroxyl groups excluding tert-OH is 1. The van der Waals surface area contributed by atoms with E-state index in [-0.39, 0.29) is 6.61 Å². The molecule has 0 atom stereocenters. The molecule has 3 nitrogen and oxygen atoms in total. The Morgan fingerprint density at radius 2 is 1.64 bits per heavy atom. The lowest BCUT2D eigenvalue weighted by Gasteiger charge is -2.04. The highest BCUT2D eigenvalue weighted by molar-refractivity contribution is 5.68. The van der Waals surface area contributed by atoms with Gasteiger partial charge in [0, 0.05) is 24.0 Å². The molecule has 0 unspecified atom stereocenters. The van der Waals surface area contributed by atoms with Gasteiger partial charge >= 0.3 is 0 Å². The molecule has 0 radical (unpaired) electrons. The number of pyridine rings is 1. The fourth-order valence-corrected chi connectivity index (χ4v) is 2.85. The van der Waals surface area contributed by atoms with Crippen LogP contribution in [0.5, 0.6) is 0 Å². The van der Waals surface area contributed by atoms with Crippen LogP contribution < -0.4 is 0 Å². The second kappa shape index (κ2) is 6.11. The molecule has 0 bridgehead atoms. The van der Waals surface area contributed by atoms with Gasteiger partial charge < -0.3 is 9.51 Å². The molecular formula is C20H14F2N2O. The van der Waals surface area contributed by atoms with Crippen LogP contribution in [0.15, 0.2) is 67.0 Å². The number of aromatic nitrogens is 2. The molecule has 1 N–H and O–H groups in total. The maximum absolute atomic E-state index is 13.4. The number of halogens is 2. The third-order valence-corrected chi connectivity index (χ3v) is 4.05. The van der Waals surface area contributed by atoms with E-state index in [0.717, 1.165) is 22.8 Å². The van der Waals surface area contributed by atoms with Crippen molar-refractivity contribution >= 4 is 5.65 Å². The van der Waals surface area contributed by atoms with Gasteiger partial charge in [-0.25, -0.2) is 13.8 Å². The average molecular weight is 336 g/mol. The second-order valence-corrected chi connectivity index (χ2v) is 5.83. The van der Waals surface area contributed by atoms with Crippen LogP contribution >= 0.6 is 0 Å². The van der Waals surface area contributed by atoms with Crippen LogP contribution in [0.25, 0.3) is 28.0 Å². The van der Waals surface area contributed by atoms with Crippen molar-refractivity contribution in [3.63, 3.8) is 0 Å². The molecule has 4 rings (SSSR count). The lowest BCUT2D eigenvalue weighted by molar-refractivity contribution is 0.282. The van der Waals surface area contributed by atoms with E-state index in [1.807, 2.05) is 47.0 Å². The molecule has 0 aliphatic rings. The van der Waals surface area contributed by atoms with Gasteiger partial charge in [0.15, 0.2) is 0 Å². The molecule has 5 heteroatoms. The van der Waals surface area contributed by atoms with Gasteiger partial charge in [-0.3, -0.25) is 0 Å². The third-order valence-electron chi connectivity index (χ3n) is 4.05. The van der Waals surface area contributed by atoms with Crippen molar-refractivity contribution in [3.05, 3.63) is 84.2 Å². The highest BCUT2D eigenvalue weighted by Gasteiger charge is 2.09. The summed E-state index contributed by atoms with van der Waals surface area (Å²) in [4.78, 5) is 4.42. The topological polar surface area (TPSA) is 37.5 Å². The number of benzene rings is 2. The number of nitrogens with zero attached hydrogens (tertiary/aromatic N) is 2. The van der Waals surface area contributed by atoms with Crippen molar-refractivity contribution in [2.75, 3.05) is 0 Å². The summed E-state index contributed by atoms with van der Waals surface area (Å²) in [6, 6.07) is 14.8. The Hall–Kier alpha value is -3.05. The Kier molecular flexibility index (Phi) is 3.78. The van der Waals surface area contributed by atoms with E-state index in [4.69, 9.17) is 0 Å². The second-order valence-electron chi connectivity index (χ2n) is 5.83. The lowest BCUT2D eigenvalue weighted by Crippen LogP contribution is -1.87. The zero-order valence-corrected chi connectivity index (χ0v) is 13.2. The Morgan fingerprint density at radius 3 is 2.40 bits per heavy atom. The minimum Gasteiger partial charge on any atom is -0.392 e. The quantitative estimate of drug-likeness (QED) is 0.601. The van der Waals surface area contributed by atoms with Crippen molar-refractivity contribution < 1.29 is 13.9 Å². The molecule has 2 aromatic carbocycles. The first-order chi connectivity index (χ1) is 12.1. The smallest absolute Gasteiger partial charge is 0.137 e. The molecule has 25 heavy (non-hydrogen) atoms. The zero-order valence-electron chi connectivity index (χ0n) is 13.2. The van der Waals surface area contributed by atoms with Gasteiger partial charge in [-0.05, 0) is 47.0 Å². The van der Waals surface area contributed by atoms with Crippen molar-refractivity contribution in [1.82, 2.24) is 9.38 Å². The molecule has 0 fully saturated rings. The maximum atomic E-state index is 13.4. The molecule has 2 aromatic heterocycles. The van der Waals surface area contributed by atoms with Crippen molar-refractivity contribution in [1.29, 1.82) is 0 Å². The predicted octanol–water partition coefficient (Wildman–Crippen LogP) is 4.44. The monoisotopic (exact) mass is 336 g/mol. The average Bonchev–Trinajstić information content (AvgIpc) is 3.04. The van der Waals surface area contributed by atoms with E-state index in [9.17, 15) is 13.9 Å². The van der Waals surface area contributed by atoms with E-state index in [1.54, 1.807) is 6.20 Å². The molecule has 0 saturated heterocycles. The zero-order chi connectivity index (χ0) is 17.4. The third kappa shape index (κ3) is 3.02. The predicted molar refractivity (Wildman–Crippen MR) is 91.9 cm³/mol. The van der Waals surface area contributed by atoms with Gasteiger partial charge in [0.2, 0.25) is 0 Å². The molecule has 0 saturated carbocycles. The van der Waals surface area contributed by atoms with Gasteiger partial charge in [0.1, 0.15) is 17.3 Å². The van der Waals surface area contributed by atoms with Crippen molar-refractivity contribution in [2.24, 2.45) is 0 Å². The first kappa shape index (κ1) is 15.5. The van der Waals surface area contributed by atoms with Crippen LogP contribution in [0.4, 0.5) is 8.78 Å². The van der Waals surface area contributed by atoms with Gasteiger partial charge in [-0.2, -0.15) is 0 Å². The Bertz CT molecular complexity index is 1050. The fourth-order valence-electron chi connectivity index (χ4n) is 2.85. The fraction of sp³-hybridized carbons (Fsp3) is 0.0500. The van der Waals surface area contributed by atoms with E-state index in [1.165, 1.54) is 12.1 Å². The summed E-state index contributed by atoms with van der Waals surface area (Å²) in [7, 11) is 0. The largest absolute Gasteiger partial charge is 0.392 e. The number of hydrogen-bond acceptors (Lipinski definition) is 2. The molecule has 0 amide bonds. The van der Waals surface area contributed by atoms with Crippen LogP contribution in [-0.2, 0) is 6.61 Å². The SMILES string of the molecule is OCc1cccc(-c2ccc3nc(-c4cc(F)cc(F)c4)cn3c2)c1. The van der Waals surface area contributed by atoms with Crippen LogP contribution in [0, 0.1) is 11.6 Å². The summed E-state index contributed by atoms with van der Waals surface area (Å²) in [6.45, 7) is -0.0174. The van der Waals surface area contributed by atoms with E-state index in [2.05, 4.69) is 4.98 Å². The van der Waals surface area contributed by atoms with Crippen LogP contribution in [0.2, 0.25) is 0 Å². The molecule has 2 heterocycles. The van der Waals surface area contributed by atoms with Crippen LogP contribution in [-0.4, -0.2) is 14.5 Å². The summed E-state index contributed by atoms with van der Waals surface area (Å²) in [6.07, 6.45) is 3.64. The van der Waals surface area contributed by atoms with Crippen molar-refractivity contribution in [2.45, 2.75) is 6.61 Å². The number of imidazole rings is 1. The summed E-state index contributed by atoms with van der Waals surface area (Å²) >= 11 is 0. The van der Waals surface area contributed by atoms with Gasteiger partial charge in [-0.1, -0.05) is 18.2 Å². The Morgan fingerprint density at radius 1 is 0.840 bits per heavy atom. The van der Waals surface area contributed by atoms with E-state index >= 15 is 0 Å². The Labute approximate surface area is 142 Å². The minimum absolute atomic E-state index is 0.0174. The number of fused-ring (bicyclic) bond motifs is 1. The summed E-state index contributed by atoms with van der Waals surface area (Å²) < 4.78 is 28.7. The molecule has 4 aromatic rings. The van der Waals surface area contributed by atoms with Gasteiger partial charge in [-0.15, -0.1) is 0 Å². The van der Waals surface area contributed by atoms with E-state index < -0.39 is 11.6 Å². The molecular weight excluding hydrogens is 322 g/mol. The summed E-state index contributed by atoms with van der Waals surface area (Å²) in [5, 5.41) is 9.28. The lowest BCUT2D eigenvalue weighted by atomic mass is 10.1. The summed E-state index contributed by atoms with van der Waals surface area (Å²) in [5.41, 5.74) is 4.34. The number of aliphatic hydroxyl groups is 1. The first-order valence-corrected chi connectivity index (χ1v) is 7.78. The number of hydrogen-bond donors (Lipinski definition) is 1. The number of rotatable bonds is 3. The maximum Gasteiger partial charge on any atom is 0.137 e. The molecule has 124 valence electrons. The molecule has 0 aliphatic carbocycles. The molecule has 0 spiro atoms. The molecule has 0 aliphatic heterocycles. The van der Waals surface area contributed by atoms with Gasteiger partial charge in [0.25, 0.3) is 0 Å². The van der Waals surface area contributed by atoms with Crippen molar-refractivity contribution in [3.8, 4) is 22.4 Å². The van der Waals surface area contributed by atoms with Gasteiger partial charge in [0.05, 0.1) is 12.3 Å². The minimum atomic E-state index is -0.631. The first-order valence-electron chi connectivity index (χ1n) is 7.78. The standard InChI is InChI=1S/C20H14F2N2O/c21-17-7-16(8-18(22)9-17)19-11-24-10-15(4-5-20(24)23-19)14-3-1-2-13(6-14)12-25/h1-11,25H,12H2. The highest BCUT2D eigenvalue weighted by Crippen LogP contribution is 2.25. The normalized spacial score (nSPS) is 11.2. The Balaban J connectivity index is 1.79. The van der Waals surface area contributed by atoms with E-state index in [0.29, 0.717) is 16.9 Å². The highest BCUT2D eigenvalue weighted by atomic mass is 19.1. The summed E-state index contributed by atoms with van der Waals surface area (Å²) in [5.74, 6) is -1.26. The van der Waals surface area contributed by atoms with Crippen LogP contribution in [0.3, 0.4) is 0 Å². The van der Waals surface area contributed by atoms with Crippen LogP contribution in [0.1, 0.15) is 5.56 Å².